The van der Waals surface area contributed by atoms with E-state index in [1.807, 2.05) is 12.1 Å². The van der Waals surface area contributed by atoms with Crippen molar-refractivity contribution in [1.82, 2.24) is 5.32 Å². The van der Waals surface area contributed by atoms with Crippen molar-refractivity contribution in [3.8, 4) is 5.75 Å². The van der Waals surface area contributed by atoms with Gasteiger partial charge in [0.1, 0.15) is 18.4 Å². The minimum Gasteiger partial charge on any atom is -0.490 e. The Labute approximate surface area is 116 Å². The van der Waals surface area contributed by atoms with Gasteiger partial charge < -0.3 is 10.1 Å². The van der Waals surface area contributed by atoms with Crippen LogP contribution in [0, 0.1) is 0 Å². The Morgan fingerprint density at radius 2 is 1.75 bits per heavy atom. The first-order chi connectivity index (χ1) is 9.75. The highest BCUT2D eigenvalue weighted by molar-refractivity contribution is 6.06. The second kappa shape index (κ2) is 5.17. The zero-order valence-electron chi connectivity index (χ0n) is 10.7. The first-order valence-electron chi connectivity index (χ1n) is 6.37. The summed E-state index contributed by atoms with van der Waals surface area (Å²) >= 11 is 0. The summed E-state index contributed by atoms with van der Waals surface area (Å²) in [4.78, 5) is 24.3. The second-order valence-corrected chi connectivity index (χ2v) is 4.56. The van der Waals surface area contributed by atoms with Crippen LogP contribution in [-0.2, 0) is 0 Å². The summed E-state index contributed by atoms with van der Waals surface area (Å²) in [6.45, 7) is 0.161. The molecule has 1 aliphatic heterocycles. The van der Waals surface area contributed by atoms with E-state index >= 15 is 0 Å². The van der Waals surface area contributed by atoms with Crippen LogP contribution >= 0.6 is 0 Å². The number of Topliss-reactive ketones (excluding diaryl/α,β-unsaturated/α-hetero) is 1. The highest BCUT2D eigenvalue weighted by Gasteiger charge is 2.29. The Balaban J connectivity index is 1.77. The number of carbonyl (C=O) groups is 2. The lowest BCUT2D eigenvalue weighted by molar-refractivity contribution is 0.0795. The molecule has 0 aliphatic carbocycles. The molecule has 0 fully saturated rings. The van der Waals surface area contributed by atoms with E-state index in [0.29, 0.717) is 16.9 Å². The van der Waals surface area contributed by atoms with Gasteiger partial charge in [0.2, 0.25) is 0 Å². The van der Waals surface area contributed by atoms with Gasteiger partial charge in [-0.2, -0.15) is 0 Å². The monoisotopic (exact) mass is 267 g/mol. The van der Waals surface area contributed by atoms with Gasteiger partial charge in [-0.05, 0) is 24.3 Å². The first-order valence-corrected chi connectivity index (χ1v) is 6.37. The van der Waals surface area contributed by atoms with E-state index in [9.17, 15) is 9.59 Å². The number of fused-ring (bicyclic) bond motifs is 1. The molecule has 20 heavy (non-hydrogen) atoms. The maximum Gasteiger partial charge on any atom is 0.251 e. The molecule has 1 unspecified atom stereocenters. The molecule has 0 spiro atoms. The molecule has 2 aromatic rings. The van der Waals surface area contributed by atoms with Gasteiger partial charge in [0, 0.05) is 5.56 Å². The number of ether oxygens (including phenoxy) is 1. The molecule has 0 bridgehead atoms. The lowest BCUT2D eigenvalue weighted by Gasteiger charge is -2.24. The van der Waals surface area contributed by atoms with Crippen LogP contribution in [0.4, 0.5) is 0 Å². The van der Waals surface area contributed by atoms with E-state index in [0.717, 1.165) is 0 Å². The molecule has 100 valence electrons. The van der Waals surface area contributed by atoms with Crippen LogP contribution in [0.3, 0.4) is 0 Å². The van der Waals surface area contributed by atoms with E-state index < -0.39 is 6.04 Å². The number of nitrogens with one attached hydrogen (secondary N) is 1. The van der Waals surface area contributed by atoms with Crippen molar-refractivity contribution >= 4 is 11.7 Å². The van der Waals surface area contributed by atoms with Gasteiger partial charge in [0.25, 0.3) is 5.91 Å². The maximum atomic E-state index is 12.3. The number of amides is 1. The molecule has 4 heteroatoms. The van der Waals surface area contributed by atoms with Gasteiger partial charge in [-0.3, -0.25) is 9.59 Å². The van der Waals surface area contributed by atoms with Gasteiger partial charge in [0.05, 0.1) is 5.56 Å². The Morgan fingerprint density at radius 3 is 2.55 bits per heavy atom. The van der Waals surface area contributed by atoms with Crippen LogP contribution in [-0.4, -0.2) is 24.3 Å². The van der Waals surface area contributed by atoms with Crippen molar-refractivity contribution in [3.05, 3.63) is 65.7 Å². The van der Waals surface area contributed by atoms with Crippen molar-refractivity contribution in [2.75, 3.05) is 6.61 Å². The summed E-state index contributed by atoms with van der Waals surface area (Å²) in [7, 11) is 0. The van der Waals surface area contributed by atoms with Crippen LogP contribution in [0.5, 0.6) is 5.75 Å². The molecular formula is C16H13NO3. The fraction of sp³-hybridized carbons (Fsp3) is 0.125. The summed E-state index contributed by atoms with van der Waals surface area (Å²) < 4.78 is 5.51. The molecule has 0 radical (unpaired) electrons. The Morgan fingerprint density at radius 1 is 1.05 bits per heavy atom. The molecule has 1 heterocycles. The largest absolute Gasteiger partial charge is 0.490 e. The number of carbonyl (C=O) groups excluding carboxylic acids is 2. The summed E-state index contributed by atoms with van der Waals surface area (Å²) in [5, 5.41) is 2.71. The van der Waals surface area contributed by atoms with Crippen molar-refractivity contribution in [2.24, 2.45) is 0 Å². The van der Waals surface area contributed by atoms with Crippen molar-refractivity contribution in [3.63, 3.8) is 0 Å². The number of hydrogen-bond donors (Lipinski definition) is 1. The van der Waals surface area contributed by atoms with Gasteiger partial charge in [-0.25, -0.2) is 0 Å². The molecule has 2 aromatic carbocycles. The van der Waals surface area contributed by atoms with Crippen molar-refractivity contribution in [1.29, 1.82) is 0 Å². The molecule has 1 atom stereocenters. The highest BCUT2D eigenvalue weighted by atomic mass is 16.5. The maximum absolute atomic E-state index is 12.3. The molecular weight excluding hydrogens is 254 g/mol. The quantitative estimate of drug-likeness (QED) is 0.906. The number of ketones is 1. The van der Waals surface area contributed by atoms with E-state index in [-0.39, 0.29) is 18.3 Å². The first kappa shape index (κ1) is 12.4. The summed E-state index contributed by atoms with van der Waals surface area (Å²) in [5.74, 6) is 0.186. The zero-order chi connectivity index (χ0) is 13.9. The van der Waals surface area contributed by atoms with Crippen LogP contribution in [0.25, 0.3) is 0 Å². The van der Waals surface area contributed by atoms with Crippen molar-refractivity contribution in [2.45, 2.75) is 6.04 Å². The SMILES string of the molecule is O=C(NC1COc2ccccc2C1=O)c1ccccc1. The molecule has 1 aliphatic rings. The fourth-order valence-electron chi connectivity index (χ4n) is 2.17. The molecule has 0 aromatic heterocycles. The minimum atomic E-state index is -0.641. The average molecular weight is 267 g/mol. The fourth-order valence-corrected chi connectivity index (χ4v) is 2.17. The van der Waals surface area contributed by atoms with Gasteiger partial charge in [-0.15, -0.1) is 0 Å². The van der Waals surface area contributed by atoms with Gasteiger partial charge in [-0.1, -0.05) is 30.3 Å². The standard InChI is InChI=1S/C16H13NO3/c18-15-12-8-4-5-9-14(12)20-10-13(15)17-16(19)11-6-2-1-3-7-11/h1-9,13H,10H2,(H,17,19). The molecule has 0 saturated heterocycles. The molecule has 4 nitrogen and oxygen atoms in total. The summed E-state index contributed by atoms with van der Waals surface area (Å²) in [6, 6.07) is 15.2. The molecule has 1 N–H and O–H groups in total. The van der Waals surface area contributed by atoms with Gasteiger partial charge in [0.15, 0.2) is 5.78 Å². The van der Waals surface area contributed by atoms with Crippen LogP contribution in [0.2, 0.25) is 0 Å². The Kier molecular flexibility index (Phi) is 3.21. The summed E-state index contributed by atoms with van der Waals surface area (Å²) in [5.41, 5.74) is 1.04. The van der Waals surface area contributed by atoms with E-state index in [4.69, 9.17) is 4.74 Å². The second-order valence-electron chi connectivity index (χ2n) is 4.56. The van der Waals surface area contributed by atoms with Gasteiger partial charge >= 0.3 is 0 Å². The van der Waals surface area contributed by atoms with E-state index in [1.54, 1.807) is 42.5 Å². The molecule has 1 amide bonds. The smallest absolute Gasteiger partial charge is 0.251 e. The average Bonchev–Trinajstić information content (AvgIpc) is 2.51. The topological polar surface area (TPSA) is 55.4 Å². The number of para-hydroxylation sites is 1. The minimum absolute atomic E-state index is 0.115. The number of rotatable bonds is 2. The Bertz CT molecular complexity index is 652. The van der Waals surface area contributed by atoms with Crippen LogP contribution < -0.4 is 10.1 Å². The third-order valence-corrected chi connectivity index (χ3v) is 3.22. The van der Waals surface area contributed by atoms with E-state index in [2.05, 4.69) is 5.32 Å². The third-order valence-electron chi connectivity index (χ3n) is 3.22. The molecule has 0 saturated carbocycles. The van der Waals surface area contributed by atoms with Crippen LogP contribution in [0.15, 0.2) is 54.6 Å². The Hall–Kier alpha value is -2.62. The van der Waals surface area contributed by atoms with E-state index in [1.165, 1.54) is 0 Å². The number of hydrogen-bond acceptors (Lipinski definition) is 3. The molecule has 3 rings (SSSR count). The normalized spacial score (nSPS) is 17.0. The third kappa shape index (κ3) is 2.28. The lowest BCUT2D eigenvalue weighted by atomic mass is 10.0. The lowest BCUT2D eigenvalue weighted by Crippen LogP contribution is -2.47. The number of benzene rings is 2. The predicted molar refractivity (Wildman–Crippen MR) is 74.0 cm³/mol. The highest BCUT2D eigenvalue weighted by Crippen LogP contribution is 2.24. The predicted octanol–water partition coefficient (Wildman–Crippen LogP) is 2.06. The summed E-state index contributed by atoms with van der Waals surface area (Å²) in [6.07, 6.45) is 0. The zero-order valence-corrected chi connectivity index (χ0v) is 10.7. The van der Waals surface area contributed by atoms with Crippen LogP contribution in [0.1, 0.15) is 20.7 Å². The van der Waals surface area contributed by atoms with Crippen molar-refractivity contribution < 1.29 is 14.3 Å².